The molecule has 4 amide bonds. The van der Waals surface area contributed by atoms with Crippen LogP contribution in [0.15, 0.2) is 52.7 Å². The fourth-order valence-corrected chi connectivity index (χ4v) is 12.0. The molecule has 73 heavy (non-hydrogen) atoms. The molecule has 2 bridgehead atoms. The number of unbranched alkanes of at least 4 members (excludes halogenated alkanes) is 1. The van der Waals surface area contributed by atoms with Crippen LogP contribution in [0.25, 0.3) is 6.08 Å². The summed E-state index contributed by atoms with van der Waals surface area (Å²) in [5.41, 5.74) is 0.788. The van der Waals surface area contributed by atoms with Crippen molar-refractivity contribution in [1.29, 1.82) is 0 Å². The van der Waals surface area contributed by atoms with Crippen molar-refractivity contribution in [3.8, 4) is 17.2 Å². The predicted molar refractivity (Wildman–Crippen MR) is 281 cm³/mol. The van der Waals surface area contributed by atoms with Gasteiger partial charge in [-0.05, 0) is 112 Å². The maximum absolute atomic E-state index is 14.9. The molecule has 0 radical (unpaired) electrons. The minimum Gasteiger partial charge on any atom is -0.506 e. The average Bonchev–Trinajstić information content (AvgIpc) is 3.88. The van der Waals surface area contributed by atoms with Crippen molar-refractivity contribution in [3.63, 3.8) is 0 Å². The fraction of sp³-hybridized carbons (Fsp3) is 0.625. The Hall–Kier alpha value is -4.94. The van der Waals surface area contributed by atoms with Gasteiger partial charge in [-0.3, -0.25) is 19.2 Å². The molecule has 7 atom stereocenters. The molecule has 7 unspecified atom stereocenters. The Bertz CT molecular complexity index is 2400. The van der Waals surface area contributed by atoms with E-state index in [-0.39, 0.29) is 77.9 Å². The number of phenols is 1. The molecular formula is C56H78N4O12S. The van der Waals surface area contributed by atoms with Gasteiger partial charge < -0.3 is 54.8 Å². The number of hydrogen-bond acceptors (Lipinski definition) is 13. The van der Waals surface area contributed by atoms with Crippen molar-refractivity contribution in [2.75, 3.05) is 58.5 Å². The quantitative estimate of drug-likeness (QED) is 0.0278. The molecule has 1 aliphatic carbocycles. The van der Waals surface area contributed by atoms with E-state index in [1.807, 2.05) is 64.6 Å². The van der Waals surface area contributed by atoms with E-state index in [1.54, 1.807) is 19.1 Å². The van der Waals surface area contributed by atoms with Gasteiger partial charge in [0.1, 0.15) is 28.4 Å². The van der Waals surface area contributed by atoms with Gasteiger partial charge in [0, 0.05) is 59.6 Å². The Kier molecular flexibility index (Phi) is 18.8. The fourth-order valence-electron chi connectivity index (χ4n) is 10.4. The standard InChI is InChI=1S/C56H78N4O12S/c1-34(2)12-11-20-55(8)22-19-38-46(62)44-47(63)40-32-37-18-21-54(6,7)72-56(50(37)64,51(40)70-49(44)39(48(38)71-55)16-15-35(3)4)23-17-36(5)52(65)58-25-27-68-29-31-69-30-28-67-26-24-57-43(61)14-10-9-13-42-45-41(33-73-42)59-53(66)60-45/h12,15,17,19,22,32,37,41-42,45,51,62H,9-11,13-14,16,18,20-21,23-31,33H2,1-8H3,(H,57,61)(H,58,65)(H2,59,60,66). The predicted octanol–water partition coefficient (Wildman–Crippen LogP) is 7.55. The van der Waals surface area contributed by atoms with Crippen LogP contribution in [0.1, 0.15) is 135 Å². The summed E-state index contributed by atoms with van der Waals surface area (Å²) in [6.45, 7) is 18.3. The van der Waals surface area contributed by atoms with Crippen LogP contribution in [0.4, 0.5) is 4.79 Å². The minimum absolute atomic E-state index is 0.00385. The number of allylic oxidation sites excluding steroid dienone is 5. The van der Waals surface area contributed by atoms with Crippen LogP contribution < -0.4 is 30.7 Å². The third-order valence-corrected chi connectivity index (χ3v) is 15.9. The van der Waals surface area contributed by atoms with Crippen LogP contribution in [0, 0.1) is 5.92 Å². The summed E-state index contributed by atoms with van der Waals surface area (Å²) in [6.07, 6.45) is 16.2. The number of benzene rings is 1. The molecule has 6 aliphatic rings. The van der Waals surface area contributed by atoms with Gasteiger partial charge >= 0.3 is 6.03 Å². The highest BCUT2D eigenvalue weighted by molar-refractivity contribution is 8.00. The van der Waals surface area contributed by atoms with E-state index in [0.717, 1.165) is 37.0 Å². The number of ketones is 2. The van der Waals surface area contributed by atoms with Gasteiger partial charge in [0.15, 0.2) is 23.3 Å². The lowest BCUT2D eigenvalue weighted by Crippen LogP contribution is -2.62. The van der Waals surface area contributed by atoms with Gasteiger partial charge in [-0.2, -0.15) is 11.8 Å². The zero-order chi connectivity index (χ0) is 52.5. The first-order valence-electron chi connectivity index (χ1n) is 26.2. The monoisotopic (exact) mass is 1030 g/mol. The largest absolute Gasteiger partial charge is 0.506 e. The Labute approximate surface area is 435 Å². The summed E-state index contributed by atoms with van der Waals surface area (Å²) in [5, 5.41) is 24.1. The number of thioether (sulfide) groups is 1. The Morgan fingerprint density at radius 2 is 1.59 bits per heavy atom. The normalized spacial score (nSPS) is 26.4. The zero-order valence-corrected chi connectivity index (χ0v) is 44.9. The minimum atomic E-state index is -1.66. The van der Waals surface area contributed by atoms with E-state index in [0.29, 0.717) is 99.4 Å². The molecule has 3 fully saturated rings. The van der Waals surface area contributed by atoms with Crippen molar-refractivity contribution < 1.29 is 57.5 Å². The smallest absolute Gasteiger partial charge is 0.315 e. The highest BCUT2D eigenvalue weighted by Gasteiger charge is 2.61. The number of ether oxygens (including phenoxy) is 6. The van der Waals surface area contributed by atoms with E-state index in [9.17, 15) is 29.1 Å². The van der Waals surface area contributed by atoms with Gasteiger partial charge in [0.2, 0.25) is 11.8 Å². The Morgan fingerprint density at radius 3 is 2.30 bits per heavy atom. The van der Waals surface area contributed by atoms with Crippen LogP contribution in [0.5, 0.6) is 17.2 Å². The van der Waals surface area contributed by atoms with Crippen LogP contribution in [-0.2, 0) is 39.8 Å². The molecule has 5 aliphatic heterocycles. The van der Waals surface area contributed by atoms with Crippen molar-refractivity contribution in [1.82, 2.24) is 21.3 Å². The third kappa shape index (κ3) is 13.7. The molecule has 5 heterocycles. The number of carbonyl (C=O) groups is 5. The summed E-state index contributed by atoms with van der Waals surface area (Å²) in [6, 6.07) is 0.324. The second kappa shape index (κ2) is 24.6. The van der Waals surface area contributed by atoms with Gasteiger partial charge in [-0.1, -0.05) is 41.9 Å². The lowest BCUT2D eigenvalue weighted by molar-refractivity contribution is -0.184. The molecule has 5 N–H and O–H groups in total. The van der Waals surface area contributed by atoms with Gasteiger partial charge in [-0.25, -0.2) is 4.79 Å². The van der Waals surface area contributed by atoms with E-state index >= 15 is 0 Å². The number of aromatic hydroxyl groups is 1. The maximum Gasteiger partial charge on any atom is 0.315 e. The van der Waals surface area contributed by atoms with E-state index in [2.05, 4.69) is 41.2 Å². The first-order valence-corrected chi connectivity index (χ1v) is 27.2. The number of Topliss-reactive ketones (excluding diaryl/α,β-unsaturated/α-hetero) is 2. The summed E-state index contributed by atoms with van der Waals surface area (Å²) >= 11 is 1.88. The number of phenolic OH excluding ortho intramolecular Hbond substituents is 1. The number of nitrogens with one attached hydrogen (secondary N) is 4. The zero-order valence-electron chi connectivity index (χ0n) is 44.1. The molecule has 7 rings (SSSR count). The lowest BCUT2D eigenvalue weighted by atomic mass is 9.69. The average molecular weight is 1030 g/mol. The number of hydrogen-bond donors (Lipinski definition) is 5. The lowest BCUT2D eigenvalue weighted by Gasteiger charge is -2.47. The van der Waals surface area contributed by atoms with Crippen molar-refractivity contribution in [2.45, 2.75) is 160 Å². The van der Waals surface area contributed by atoms with Gasteiger partial charge in [0.05, 0.1) is 62.9 Å². The Balaban J connectivity index is 0.881. The molecule has 400 valence electrons. The van der Waals surface area contributed by atoms with Crippen molar-refractivity contribution >= 4 is 47.2 Å². The molecular weight excluding hydrogens is 953 g/mol. The summed E-state index contributed by atoms with van der Waals surface area (Å²) in [7, 11) is 0. The molecule has 1 aromatic carbocycles. The number of amides is 4. The maximum atomic E-state index is 14.9. The summed E-state index contributed by atoms with van der Waals surface area (Å²) in [5.74, 6) is -0.292. The topological polar surface area (TPSA) is 209 Å². The molecule has 0 aromatic heterocycles. The second-order valence-corrected chi connectivity index (χ2v) is 22.7. The van der Waals surface area contributed by atoms with E-state index < -0.39 is 34.6 Å². The molecule has 0 saturated carbocycles. The van der Waals surface area contributed by atoms with Gasteiger partial charge in [-0.15, -0.1) is 0 Å². The second-order valence-electron chi connectivity index (χ2n) is 21.4. The number of fused-ring (bicyclic) bond motifs is 7. The number of urea groups is 1. The van der Waals surface area contributed by atoms with Crippen LogP contribution in [0.3, 0.4) is 0 Å². The molecule has 3 saturated heterocycles. The SMILES string of the molecule is CC(C)=CCCC1(C)C=Cc2c(O)c3c(c(CC=C(C)C)c2O1)OC1C(=CC2CCC(C)(C)OC1(CC=C(C)C(=O)NCCOCCOCCOCCNC(=O)CCCCC1SCC4NC(=O)NC41)C2=O)C3=O. The number of carbonyl (C=O) groups excluding carboxylic acids is 5. The van der Waals surface area contributed by atoms with Crippen molar-refractivity contribution in [3.05, 3.63) is 69.4 Å². The van der Waals surface area contributed by atoms with Gasteiger partial charge in [0.25, 0.3) is 0 Å². The highest BCUT2D eigenvalue weighted by atomic mass is 32.2. The Morgan fingerprint density at radius 1 is 0.890 bits per heavy atom. The third-order valence-electron chi connectivity index (χ3n) is 14.4. The first kappa shape index (κ1) is 55.8. The molecule has 16 nitrogen and oxygen atoms in total. The van der Waals surface area contributed by atoms with E-state index in [1.165, 1.54) is 5.57 Å². The molecule has 1 aromatic rings. The van der Waals surface area contributed by atoms with Crippen LogP contribution >= 0.6 is 11.8 Å². The molecule has 0 spiro atoms. The highest BCUT2D eigenvalue weighted by Crippen LogP contribution is 2.55. The summed E-state index contributed by atoms with van der Waals surface area (Å²) < 4.78 is 37.5. The van der Waals surface area contributed by atoms with E-state index in [4.69, 9.17) is 28.4 Å². The first-order chi connectivity index (χ1) is 34.8. The molecule has 17 heteroatoms. The van der Waals surface area contributed by atoms with Crippen molar-refractivity contribution in [2.24, 2.45) is 5.92 Å². The van der Waals surface area contributed by atoms with Crippen LogP contribution in [-0.4, -0.2) is 133 Å². The number of rotatable bonds is 25. The summed E-state index contributed by atoms with van der Waals surface area (Å²) in [4.78, 5) is 66.9. The van der Waals surface area contributed by atoms with Crippen LogP contribution in [0.2, 0.25) is 0 Å².